The molecule has 0 saturated heterocycles. The van der Waals surface area contributed by atoms with Crippen LogP contribution >= 0.6 is 27.5 Å². The number of non-ortho nitro benzene ring substituents is 1. The van der Waals surface area contributed by atoms with E-state index in [1.165, 1.54) is 12.1 Å². The highest BCUT2D eigenvalue weighted by Gasteiger charge is 2.37. The fraction of sp³-hybridized carbons (Fsp3) is 0.100. The summed E-state index contributed by atoms with van der Waals surface area (Å²) in [6.07, 6.45) is -4.62. The number of nitro groups is 1. The number of alkyl halides is 3. The normalized spacial score (nSPS) is 11.0. The van der Waals surface area contributed by atoms with Crippen molar-refractivity contribution in [1.82, 2.24) is 10.4 Å². The van der Waals surface area contributed by atoms with Gasteiger partial charge in [0.1, 0.15) is 23.1 Å². The van der Waals surface area contributed by atoms with E-state index in [1.54, 1.807) is 30.3 Å². The number of nitrogens with one attached hydrogen (secondary N) is 3. The first-order valence-corrected chi connectivity index (χ1v) is 10.1. The number of anilines is 1. The van der Waals surface area contributed by atoms with E-state index in [4.69, 9.17) is 11.6 Å². The monoisotopic (exact) mass is 541 g/mol. The summed E-state index contributed by atoms with van der Waals surface area (Å²) in [5, 5.41) is 20.8. The molecule has 2 aromatic carbocycles. The number of carbonyl (C=O) groups excluding carboxylic acids is 1. The van der Waals surface area contributed by atoms with E-state index in [1.807, 2.05) is 4.98 Å². The third-order valence-electron chi connectivity index (χ3n) is 4.49. The Morgan fingerprint density at radius 1 is 1.24 bits per heavy atom. The summed E-state index contributed by atoms with van der Waals surface area (Å²) in [5.41, 5.74) is 3.72. The molecule has 1 aromatic heterocycles. The van der Waals surface area contributed by atoms with Crippen LogP contribution in [0.3, 0.4) is 0 Å². The molecule has 0 aliphatic carbocycles. The Morgan fingerprint density at radius 3 is 2.48 bits per heavy atom. The molecular weight excluding hydrogens is 531 g/mol. The molecule has 0 aliphatic rings. The summed E-state index contributed by atoms with van der Waals surface area (Å²) in [4.78, 5) is 25.3. The number of nitro benzene ring substituents is 1. The molecule has 0 spiro atoms. The summed E-state index contributed by atoms with van der Waals surface area (Å²) >= 11 is 8.59. The van der Waals surface area contributed by atoms with Crippen LogP contribution in [0.4, 0.5) is 24.7 Å². The maximum Gasteiger partial charge on any atom is 0.432 e. The molecule has 1 amide bonds. The van der Waals surface area contributed by atoms with Crippen LogP contribution in [-0.4, -0.2) is 15.8 Å². The minimum Gasteiger partial charge on any atom is -0.335 e. The lowest BCUT2D eigenvalue weighted by Crippen LogP contribution is -2.30. The topological polar surface area (TPSA) is 124 Å². The lowest BCUT2D eigenvalue weighted by atomic mass is 9.98. The van der Waals surface area contributed by atoms with Crippen LogP contribution in [0.2, 0.25) is 5.02 Å². The third-order valence-corrected chi connectivity index (χ3v) is 5.53. The SMILES string of the molecule is N#Cc1c(NNC(=O)c2ccc([N+](=O)[O-])cc2Cc2ccc(Cl)cc2)[nH]c(C(F)(F)F)c1Br. The first-order valence-electron chi connectivity index (χ1n) is 8.98. The van der Waals surface area contributed by atoms with Gasteiger partial charge < -0.3 is 4.98 Å². The minimum absolute atomic E-state index is 0.0447. The number of halogens is 5. The lowest BCUT2D eigenvalue weighted by Gasteiger charge is -2.12. The minimum atomic E-state index is -4.77. The van der Waals surface area contributed by atoms with Crippen molar-refractivity contribution in [3.63, 3.8) is 0 Å². The molecule has 13 heteroatoms. The highest BCUT2D eigenvalue weighted by molar-refractivity contribution is 9.10. The molecule has 0 fully saturated rings. The number of nitriles is 1. The van der Waals surface area contributed by atoms with Crippen LogP contribution < -0.4 is 10.9 Å². The largest absolute Gasteiger partial charge is 0.432 e. The van der Waals surface area contributed by atoms with E-state index in [-0.39, 0.29) is 23.5 Å². The predicted molar refractivity (Wildman–Crippen MR) is 117 cm³/mol. The fourth-order valence-electron chi connectivity index (χ4n) is 2.94. The molecule has 3 rings (SSSR count). The maximum absolute atomic E-state index is 13.1. The van der Waals surface area contributed by atoms with Crippen LogP contribution in [0.1, 0.15) is 32.7 Å². The van der Waals surface area contributed by atoms with Gasteiger partial charge in [-0.25, -0.2) is 0 Å². The number of carbonyl (C=O) groups is 1. The molecule has 3 aromatic rings. The Bertz CT molecular complexity index is 1270. The standard InChI is InChI=1S/C20H12BrClF3N5O3/c21-16-15(9-26)18(27-17(16)20(23,24)25)28-29-19(31)14-6-5-13(30(32)33)8-11(14)7-10-1-3-12(22)4-2-10/h1-6,8,27-28H,7H2,(H,29,31). The summed E-state index contributed by atoms with van der Waals surface area (Å²) in [7, 11) is 0. The molecule has 8 nitrogen and oxygen atoms in total. The zero-order valence-corrected chi connectivity index (χ0v) is 18.6. The summed E-state index contributed by atoms with van der Waals surface area (Å²) in [5.74, 6) is -1.16. The van der Waals surface area contributed by atoms with Gasteiger partial charge in [0.15, 0.2) is 0 Å². The van der Waals surface area contributed by atoms with E-state index < -0.39 is 32.7 Å². The highest BCUT2D eigenvalue weighted by atomic mass is 79.9. The second kappa shape index (κ2) is 9.51. The number of hydrogen-bond donors (Lipinski definition) is 3. The van der Waals surface area contributed by atoms with Crippen molar-refractivity contribution in [2.75, 3.05) is 5.43 Å². The molecular formula is C20H12BrClF3N5O3. The molecule has 1 heterocycles. The van der Waals surface area contributed by atoms with E-state index >= 15 is 0 Å². The molecule has 0 bridgehead atoms. The number of hydrazine groups is 1. The number of rotatable bonds is 6. The zero-order valence-electron chi connectivity index (χ0n) is 16.3. The van der Waals surface area contributed by atoms with Gasteiger partial charge in [-0.1, -0.05) is 23.7 Å². The van der Waals surface area contributed by atoms with Gasteiger partial charge >= 0.3 is 6.18 Å². The quantitative estimate of drug-likeness (QED) is 0.277. The first-order chi connectivity index (χ1) is 15.5. The number of aromatic nitrogens is 1. The Labute approximate surface area is 197 Å². The first kappa shape index (κ1) is 24.1. The van der Waals surface area contributed by atoms with Crippen molar-refractivity contribution in [3.05, 3.63) is 90.0 Å². The number of aromatic amines is 1. The summed E-state index contributed by atoms with van der Waals surface area (Å²) in [6, 6.07) is 11.8. The Balaban J connectivity index is 1.89. The van der Waals surface area contributed by atoms with Crippen molar-refractivity contribution in [2.24, 2.45) is 0 Å². The lowest BCUT2D eigenvalue weighted by molar-refractivity contribution is -0.384. The van der Waals surface area contributed by atoms with Crippen LogP contribution in [0.5, 0.6) is 0 Å². The molecule has 0 atom stereocenters. The molecule has 0 saturated carbocycles. The predicted octanol–water partition coefficient (Wildman–Crippen LogP) is 5.58. The molecule has 0 unspecified atom stereocenters. The molecule has 170 valence electrons. The van der Waals surface area contributed by atoms with Crippen molar-refractivity contribution in [1.29, 1.82) is 5.26 Å². The van der Waals surface area contributed by atoms with Crippen molar-refractivity contribution in [3.8, 4) is 6.07 Å². The van der Waals surface area contributed by atoms with Gasteiger partial charge in [0, 0.05) is 22.7 Å². The van der Waals surface area contributed by atoms with Gasteiger partial charge in [-0.2, -0.15) is 18.4 Å². The van der Waals surface area contributed by atoms with Gasteiger partial charge in [0.2, 0.25) is 0 Å². The average Bonchev–Trinajstić information content (AvgIpc) is 3.09. The van der Waals surface area contributed by atoms with Crippen LogP contribution in [-0.2, 0) is 12.6 Å². The molecule has 3 N–H and O–H groups in total. The van der Waals surface area contributed by atoms with Crippen molar-refractivity contribution in [2.45, 2.75) is 12.6 Å². The number of benzene rings is 2. The van der Waals surface area contributed by atoms with Crippen LogP contribution in [0.25, 0.3) is 0 Å². The van der Waals surface area contributed by atoms with E-state index in [0.717, 1.165) is 11.6 Å². The van der Waals surface area contributed by atoms with E-state index in [9.17, 15) is 33.3 Å². The van der Waals surface area contributed by atoms with Gasteiger partial charge in [-0.3, -0.25) is 25.8 Å². The van der Waals surface area contributed by atoms with Gasteiger partial charge in [0.25, 0.3) is 11.6 Å². The maximum atomic E-state index is 13.1. The Kier molecular flexibility index (Phi) is 6.95. The summed E-state index contributed by atoms with van der Waals surface area (Å²) < 4.78 is 38.7. The van der Waals surface area contributed by atoms with E-state index in [2.05, 4.69) is 26.8 Å². The number of hydrogen-bond acceptors (Lipinski definition) is 5. The second-order valence-electron chi connectivity index (χ2n) is 6.65. The van der Waals surface area contributed by atoms with Gasteiger partial charge in [-0.15, -0.1) is 0 Å². The van der Waals surface area contributed by atoms with E-state index in [0.29, 0.717) is 10.6 Å². The van der Waals surface area contributed by atoms with Gasteiger partial charge in [-0.05, 0) is 51.7 Å². The molecule has 0 aliphatic heterocycles. The number of nitrogens with zero attached hydrogens (tertiary/aromatic N) is 2. The summed E-state index contributed by atoms with van der Waals surface area (Å²) in [6.45, 7) is 0. The zero-order chi connectivity index (χ0) is 24.3. The third kappa shape index (κ3) is 5.44. The molecule has 0 radical (unpaired) electrons. The van der Waals surface area contributed by atoms with Crippen LogP contribution in [0, 0.1) is 21.4 Å². The Morgan fingerprint density at radius 2 is 1.91 bits per heavy atom. The van der Waals surface area contributed by atoms with Crippen molar-refractivity contribution < 1.29 is 22.9 Å². The highest BCUT2D eigenvalue weighted by Crippen LogP contribution is 2.38. The van der Waals surface area contributed by atoms with Gasteiger partial charge in [0.05, 0.1) is 9.40 Å². The fourth-order valence-corrected chi connectivity index (χ4v) is 3.68. The molecule has 33 heavy (non-hydrogen) atoms. The van der Waals surface area contributed by atoms with Crippen LogP contribution in [0.15, 0.2) is 46.9 Å². The average molecular weight is 543 g/mol. The Hall–Kier alpha value is -3.56. The van der Waals surface area contributed by atoms with Crippen molar-refractivity contribution >= 4 is 44.9 Å². The number of H-pyrrole nitrogens is 1. The second-order valence-corrected chi connectivity index (χ2v) is 7.88. The number of amides is 1. The smallest absolute Gasteiger partial charge is 0.335 e.